The smallest absolute Gasteiger partial charge is 0.335 e. The summed E-state index contributed by atoms with van der Waals surface area (Å²) in [6.07, 6.45) is 3.80. The van der Waals surface area contributed by atoms with Crippen LogP contribution in [0.15, 0.2) is 24.3 Å². The molecule has 2 atom stereocenters. The van der Waals surface area contributed by atoms with Crippen molar-refractivity contribution in [1.29, 1.82) is 0 Å². The second kappa shape index (κ2) is 7.04. The summed E-state index contributed by atoms with van der Waals surface area (Å²) in [6, 6.07) is 5.02. The van der Waals surface area contributed by atoms with Crippen molar-refractivity contribution < 1.29 is 34.1 Å². The summed E-state index contributed by atoms with van der Waals surface area (Å²) < 4.78 is 4.53. The molecule has 122 valence electrons. The molecule has 0 amide bonds. The summed E-state index contributed by atoms with van der Waals surface area (Å²) in [5.74, 6) is -2.91. The molecule has 23 heavy (non-hydrogen) atoms. The number of hydrogen-bond acceptors (Lipinski definition) is 5. The first-order chi connectivity index (χ1) is 10.9. The normalized spacial score (nSPS) is 22.4. The fourth-order valence-corrected chi connectivity index (χ4v) is 2.70. The molecule has 1 aliphatic heterocycles. The van der Waals surface area contributed by atoms with E-state index in [0.717, 1.165) is 25.7 Å². The number of cyclic esters (lactones) is 2. The number of carboxylic acid groups (broad SMARTS) is 2. The molecule has 0 aromatic heterocycles. The molecule has 1 saturated heterocycles. The van der Waals surface area contributed by atoms with Crippen molar-refractivity contribution in [2.75, 3.05) is 0 Å². The molecule has 2 N–H and O–H groups in total. The van der Waals surface area contributed by atoms with Gasteiger partial charge >= 0.3 is 23.9 Å². The molecule has 1 aliphatic carbocycles. The van der Waals surface area contributed by atoms with Crippen LogP contribution in [-0.4, -0.2) is 34.1 Å². The van der Waals surface area contributed by atoms with E-state index in [1.54, 1.807) is 0 Å². The second-order valence-electron chi connectivity index (χ2n) is 5.43. The Hall–Kier alpha value is -2.70. The lowest BCUT2D eigenvalue weighted by molar-refractivity contribution is -0.153. The number of aromatic carboxylic acids is 2. The maximum atomic E-state index is 11.0. The van der Waals surface area contributed by atoms with Crippen LogP contribution in [0.2, 0.25) is 0 Å². The third-order valence-electron chi connectivity index (χ3n) is 3.95. The van der Waals surface area contributed by atoms with Gasteiger partial charge in [-0.25, -0.2) is 9.59 Å². The minimum Gasteiger partial charge on any atom is -0.478 e. The third-order valence-corrected chi connectivity index (χ3v) is 3.95. The quantitative estimate of drug-likeness (QED) is 0.631. The molecular weight excluding hydrogens is 304 g/mol. The van der Waals surface area contributed by atoms with Crippen LogP contribution in [-0.2, 0) is 14.3 Å². The van der Waals surface area contributed by atoms with E-state index in [1.165, 1.54) is 24.3 Å². The topological polar surface area (TPSA) is 118 Å². The maximum Gasteiger partial charge on any atom is 0.335 e. The molecule has 1 saturated carbocycles. The number of benzene rings is 1. The van der Waals surface area contributed by atoms with Crippen molar-refractivity contribution in [3.05, 3.63) is 35.4 Å². The maximum absolute atomic E-state index is 11.0. The number of fused-ring (bicyclic) bond motifs is 1. The Kier molecular flexibility index (Phi) is 5.10. The predicted octanol–water partition coefficient (Wildman–Crippen LogP) is 1.96. The number of esters is 2. The number of carboxylic acids is 2. The Labute approximate surface area is 131 Å². The monoisotopic (exact) mass is 320 g/mol. The molecule has 3 rings (SSSR count). The van der Waals surface area contributed by atoms with E-state index < -0.39 is 11.9 Å². The van der Waals surface area contributed by atoms with Crippen LogP contribution < -0.4 is 0 Å². The van der Waals surface area contributed by atoms with Crippen molar-refractivity contribution in [3.8, 4) is 0 Å². The molecule has 0 bridgehead atoms. The van der Waals surface area contributed by atoms with Crippen LogP contribution in [0.3, 0.4) is 0 Å². The Morgan fingerprint density at radius 2 is 1.17 bits per heavy atom. The first-order valence-corrected chi connectivity index (χ1v) is 7.22. The van der Waals surface area contributed by atoms with E-state index in [9.17, 15) is 19.2 Å². The lowest BCUT2D eigenvalue weighted by atomic mass is 9.81. The van der Waals surface area contributed by atoms with Gasteiger partial charge in [-0.15, -0.1) is 0 Å². The molecule has 1 heterocycles. The van der Waals surface area contributed by atoms with E-state index in [4.69, 9.17) is 10.2 Å². The van der Waals surface area contributed by atoms with Crippen LogP contribution in [0.5, 0.6) is 0 Å². The highest BCUT2D eigenvalue weighted by atomic mass is 16.6. The number of hydrogen-bond donors (Lipinski definition) is 2. The lowest BCUT2D eigenvalue weighted by Gasteiger charge is -2.18. The van der Waals surface area contributed by atoms with E-state index in [2.05, 4.69) is 4.74 Å². The van der Waals surface area contributed by atoms with Crippen LogP contribution in [0.4, 0.5) is 0 Å². The Morgan fingerprint density at radius 3 is 1.48 bits per heavy atom. The summed E-state index contributed by atoms with van der Waals surface area (Å²) in [7, 11) is 0. The molecule has 1 aromatic rings. The van der Waals surface area contributed by atoms with Gasteiger partial charge in [0.05, 0.1) is 23.0 Å². The van der Waals surface area contributed by atoms with Crippen LogP contribution in [0.1, 0.15) is 46.4 Å². The summed E-state index contributed by atoms with van der Waals surface area (Å²) in [5.41, 5.74) is 0.167. The fourth-order valence-electron chi connectivity index (χ4n) is 2.70. The number of carbonyl (C=O) groups is 4. The largest absolute Gasteiger partial charge is 0.478 e. The van der Waals surface area contributed by atoms with Gasteiger partial charge < -0.3 is 14.9 Å². The van der Waals surface area contributed by atoms with Gasteiger partial charge in [-0.1, -0.05) is 12.8 Å². The highest BCUT2D eigenvalue weighted by molar-refractivity contribution is 5.96. The van der Waals surface area contributed by atoms with Gasteiger partial charge in [0.1, 0.15) is 0 Å². The Bertz CT molecular complexity index is 577. The molecule has 2 fully saturated rings. The van der Waals surface area contributed by atoms with Crippen LogP contribution in [0, 0.1) is 11.8 Å². The predicted molar refractivity (Wildman–Crippen MR) is 76.9 cm³/mol. The minimum atomic E-state index is -1.06. The molecule has 2 aliphatic rings. The van der Waals surface area contributed by atoms with Crippen molar-refractivity contribution in [1.82, 2.24) is 0 Å². The van der Waals surface area contributed by atoms with Crippen LogP contribution >= 0.6 is 0 Å². The van der Waals surface area contributed by atoms with Crippen LogP contribution in [0.25, 0.3) is 0 Å². The fraction of sp³-hybridized carbons (Fsp3) is 0.375. The van der Waals surface area contributed by atoms with Gasteiger partial charge in [0.15, 0.2) is 0 Å². The second-order valence-corrected chi connectivity index (χ2v) is 5.43. The highest BCUT2D eigenvalue weighted by Crippen LogP contribution is 2.36. The zero-order chi connectivity index (χ0) is 17.0. The zero-order valence-corrected chi connectivity index (χ0v) is 12.2. The molecule has 1 aromatic carbocycles. The highest BCUT2D eigenvalue weighted by Gasteiger charge is 2.44. The summed E-state index contributed by atoms with van der Waals surface area (Å²) in [6.45, 7) is 0. The number of carbonyl (C=O) groups excluding carboxylic acids is 2. The van der Waals surface area contributed by atoms with Gasteiger partial charge in [0, 0.05) is 0 Å². The Balaban J connectivity index is 0.000000167. The summed E-state index contributed by atoms with van der Waals surface area (Å²) >= 11 is 0. The molecular formula is C16H16O7. The average molecular weight is 320 g/mol. The molecule has 2 unspecified atom stereocenters. The SMILES string of the molecule is O=C(O)c1ccc(C(=O)O)cc1.O=C1OC(=O)C2CCCCC12. The van der Waals surface area contributed by atoms with Gasteiger partial charge in [-0.3, -0.25) is 9.59 Å². The van der Waals surface area contributed by atoms with E-state index in [-0.39, 0.29) is 34.9 Å². The summed E-state index contributed by atoms with van der Waals surface area (Å²) in [4.78, 5) is 42.6. The molecule has 0 radical (unpaired) electrons. The van der Waals surface area contributed by atoms with Gasteiger partial charge in [0.25, 0.3) is 0 Å². The Morgan fingerprint density at radius 1 is 0.826 bits per heavy atom. The van der Waals surface area contributed by atoms with Gasteiger partial charge in [-0.2, -0.15) is 0 Å². The van der Waals surface area contributed by atoms with Crippen molar-refractivity contribution >= 4 is 23.9 Å². The van der Waals surface area contributed by atoms with E-state index in [0.29, 0.717) is 0 Å². The van der Waals surface area contributed by atoms with Gasteiger partial charge in [-0.05, 0) is 37.1 Å². The zero-order valence-electron chi connectivity index (χ0n) is 12.2. The van der Waals surface area contributed by atoms with Crippen molar-refractivity contribution in [3.63, 3.8) is 0 Å². The third kappa shape index (κ3) is 3.94. The molecule has 0 spiro atoms. The first-order valence-electron chi connectivity index (χ1n) is 7.22. The summed E-state index contributed by atoms with van der Waals surface area (Å²) in [5, 5.41) is 16.9. The van der Waals surface area contributed by atoms with Gasteiger partial charge in [0.2, 0.25) is 0 Å². The minimum absolute atomic E-state index is 0.0833. The van der Waals surface area contributed by atoms with E-state index >= 15 is 0 Å². The number of ether oxygens (including phenoxy) is 1. The number of rotatable bonds is 2. The van der Waals surface area contributed by atoms with Crippen molar-refractivity contribution in [2.45, 2.75) is 25.7 Å². The average Bonchev–Trinajstić information content (AvgIpc) is 2.83. The standard InChI is InChI=1S/C8H6O4.C8H10O3/c9-7(10)5-1-2-6(4-3-5)8(11)12;9-7-5-3-1-2-4-6(5)8(10)11-7/h1-4H,(H,9,10)(H,11,12);5-6H,1-4H2. The molecule has 7 nitrogen and oxygen atoms in total. The van der Waals surface area contributed by atoms with Crippen molar-refractivity contribution in [2.24, 2.45) is 11.8 Å². The first kappa shape index (κ1) is 16.7. The molecule has 7 heteroatoms. The lowest BCUT2D eigenvalue weighted by Crippen LogP contribution is -2.21. The van der Waals surface area contributed by atoms with E-state index in [1.807, 2.05) is 0 Å².